The van der Waals surface area contributed by atoms with E-state index < -0.39 is 0 Å². The highest BCUT2D eigenvalue weighted by atomic mass is 14.9. The fourth-order valence-corrected chi connectivity index (χ4v) is 1.41. The largest absolute Gasteiger partial charge is 0.397 e. The average Bonchev–Trinajstić information content (AvgIpc) is 2.33. The quantitative estimate of drug-likeness (QED) is 0.747. The lowest BCUT2D eigenvalue weighted by atomic mass is 10.2. The van der Waals surface area contributed by atoms with Crippen LogP contribution in [0.15, 0.2) is 48.5 Å². The molecule has 0 amide bonds. The molecule has 2 rings (SSSR count). The third-order valence-corrected chi connectivity index (χ3v) is 2.24. The topological polar surface area (TPSA) is 61.8 Å². The Labute approximate surface area is 94.1 Å². The van der Waals surface area contributed by atoms with Gasteiger partial charge in [0.05, 0.1) is 23.0 Å². The smallest absolute Gasteiger partial charge is 0.0992 e. The third kappa shape index (κ3) is 2.12. The first-order valence-electron chi connectivity index (χ1n) is 4.91. The molecule has 0 bridgehead atoms. The molecule has 0 aliphatic carbocycles. The highest BCUT2D eigenvalue weighted by molar-refractivity contribution is 5.73. The summed E-state index contributed by atoms with van der Waals surface area (Å²) in [6.07, 6.45) is 0. The van der Waals surface area contributed by atoms with Gasteiger partial charge >= 0.3 is 0 Å². The summed E-state index contributed by atoms with van der Waals surface area (Å²) in [6, 6.07) is 17.0. The Morgan fingerprint density at radius 3 is 2.50 bits per heavy atom. The number of anilines is 3. The Morgan fingerprint density at radius 1 is 1.06 bits per heavy atom. The van der Waals surface area contributed by atoms with Crippen LogP contribution >= 0.6 is 0 Å². The number of nitrogens with zero attached hydrogens (tertiary/aromatic N) is 1. The molecule has 0 saturated heterocycles. The van der Waals surface area contributed by atoms with E-state index in [0.717, 1.165) is 11.4 Å². The first kappa shape index (κ1) is 10.1. The van der Waals surface area contributed by atoms with Crippen LogP contribution in [0.4, 0.5) is 17.1 Å². The molecule has 16 heavy (non-hydrogen) atoms. The highest BCUT2D eigenvalue weighted by Crippen LogP contribution is 2.23. The van der Waals surface area contributed by atoms with Crippen LogP contribution in [0.5, 0.6) is 0 Å². The Hall–Kier alpha value is -2.47. The van der Waals surface area contributed by atoms with Crippen molar-refractivity contribution in [3.8, 4) is 6.07 Å². The number of benzene rings is 2. The van der Waals surface area contributed by atoms with Crippen LogP contribution in [-0.2, 0) is 0 Å². The van der Waals surface area contributed by atoms with Gasteiger partial charge in [0, 0.05) is 5.69 Å². The molecule has 78 valence electrons. The van der Waals surface area contributed by atoms with E-state index in [1.54, 1.807) is 18.2 Å². The number of nitrogen functional groups attached to an aromatic ring is 1. The second kappa shape index (κ2) is 4.37. The van der Waals surface area contributed by atoms with Gasteiger partial charge in [-0.1, -0.05) is 18.2 Å². The highest BCUT2D eigenvalue weighted by Gasteiger charge is 2.00. The fourth-order valence-electron chi connectivity index (χ4n) is 1.41. The zero-order chi connectivity index (χ0) is 11.4. The van der Waals surface area contributed by atoms with Gasteiger partial charge in [0.15, 0.2) is 0 Å². The van der Waals surface area contributed by atoms with Gasteiger partial charge in [-0.3, -0.25) is 0 Å². The van der Waals surface area contributed by atoms with Crippen LogP contribution < -0.4 is 11.1 Å². The molecule has 3 N–H and O–H groups in total. The molecule has 0 spiro atoms. The molecule has 0 heterocycles. The van der Waals surface area contributed by atoms with Crippen LogP contribution in [0.2, 0.25) is 0 Å². The molecular weight excluding hydrogens is 198 g/mol. The fraction of sp³-hybridized carbons (Fsp3) is 0. The van der Waals surface area contributed by atoms with Crippen LogP contribution in [-0.4, -0.2) is 0 Å². The maximum absolute atomic E-state index is 8.80. The molecule has 2 aromatic carbocycles. The Balaban J connectivity index is 2.31. The van der Waals surface area contributed by atoms with Gasteiger partial charge in [0.2, 0.25) is 0 Å². The lowest BCUT2D eigenvalue weighted by Gasteiger charge is -2.09. The van der Waals surface area contributed by atoms with Crippen molar-refractivity contribution >= 4 is 17.1 Å². The van der Waals surface area contributed by atoms with E-state index in [0.29, 0.717) is 11.3 Å². The number of nitrogens with one attached hydrogen (secondary N) is 1. The second-order valence-electron chi connectivity index (χ2n) is 3.40. The SMILES string of the molecule is N#Cc1ccc(N)c(Nc2ccccc2)c1. The monoisotopic (exact) mass is 209 g/mol. The van der Waals surface area contributed by atoms with E-state index >= 15 is 0 Å². The molecule has 0 atom stereocenters. The van der Waals surface area contributed by atoms with Crippen molar-refractivity contribution in [1.82, 2.24) is 0 Å². The zero-order valence-corrected chi connectivity index (χ0v) is 8.64. The van der Waals surface area contributed by atoms with Crippen LogP contribution in [0.1, 0.15) is 5.56 Å². The molecule has 3 heteroatoms. The van der Waals surface area contributed by atoms with Crippen molar-refractivity contribution < 1.29 is 0 Å². The second-order valence-corrected chi connectivity index (χ2v) is 3.40. The molecule has 3 nitrogen and oxygen atoms in total. The van der Waals surface area contributed by atoms with Crippen molar-refractivity contribution in [3.63, 3.8) is 0 Å². The molecule has 0 aliphatic rings. The van der Waals surface area contributed by atoms with Crippen LogP contribution in [0.25, 0.3) is 0 Å². The van der Waals surface area contributed by atoms with Crippen molar-refractivity contribution in [2.45, 2.75) is 0 Å². The van der Waals surface area contributed by atoms with E-state index in [-0.39, 0.29) is 0 Å². The van der Waals surface area contributed by atoms with E-state index in [9.17, 15) is 0 Å². The van der Waals surface area contributed by atoms with Crippen LogP contribution in [0, 0.1) is 11.3 Å². The standard InChI is InChI=1S/C13H11N3/c14-9-10-6-7-12(15)13(8-10)16-11-4-2-1-3-5-11/h1-8,16H,15H2. The van der Waals surface area contributed by atoms with Gasteiger partial charge in [-0.2, -0.15) is 5.26 Å². The van der Waals surface area contributed by atoms with E-state index in [1.807, 2.05) is 30.3 Å². The Kier molecular flexibility index (Phi) is 2.75. The van der Waals surface area contributed by atoms with Gasteiger partial charge in [-0.25, -0.2) is 0 Å². The summed E-state index contributed by atoms with van der Waals surface area (Å²) in [7, 11) is 0. The number of para-hydroxylation sites is 1. The number of hydrogen-bond donors (Lipinski definition) is 2. The van der Waals surface area contributed by atoms with Crippen molar-refractivity contribution in [3.05, 3.63) is 54.1 Å². The lowest BCUT2D eigenvalue weighted by molar-refractivity contribution is 1.47. The molecule has 2 aromatic rings. The van der Waals surface area contributed by atoms with E-state index in [2.05, 4.69) is 11.4 Å². The average molecular weight is 209 g/mol. The number of nitrogens with two attached hydrogens (primary N) is 1. The molecule has 0 fully saturated rings. The molecule has 0 aromatic heterocycles. The molecule has 0 unspecified atom stereocenters. The summed E-state index contributed by atoms with van der Waals surface area (Å²) in [4.78, 5) is 0. The summed E-state index contributed by atoms with van der Waals surface area (Å²) in [6.45, 7) is 0. The molecular formula is C13H11N3. The first-order chi connectivity index (χ1) is 7.79. The van der Waals surface area contributed by atoms with Gasteiger partial charge < -0.3 is 11.1 Å². The summed E-state index contributed by atoms with van der Waals surface area (Å²) < 4.78 is 0. The van der Waals surface area contributed by atoms with Crippen LogP contribution in [0.3, 0.4) is 0 Å². The van der Waals surface area contributed by atoms with E-state index in [1.165, 1.54) is 0 Å². The van der Waals surface area contributed by atoms with Crippen molar-refractivity contribution in [2.75, 3.05) is 11.1 Å². The van der Waals surface area contributed by atoms with Gasteiger partial charge in [-0.15, -0.1) is 0 Å². The van der Waals surface area contributed by atoms with Crippen molar-refractivity contribution in [1.29, 1.82) is 5.26 Å². The van der Waals surface area contributed by atoms with E-state index in [4.69, 9.17) is 11.0 Å². The molecule has 0 radical (unpaired) electrons. The Bertz CT molecular complexity index is 527. The predicted octanol–water partition coefficient (Wildman–Crippen LogP) is 2.88. The number of hydrogen-bond acceptors (Lipinski definition) is 3. The zero-order valence-electron chi connectivity index (χ0n) is 8.64. The van der Waals surface area contributed by atoms with Gasteiger partial charge in [0.25, 0.3) is 0 Å². The lowest BCUT2D eigenvalue weighted by Crippen LogP contribution is -1.96. The van der Waals surface area contributed by atoms with Gasteiger partial charge in [-0.05, 0) is 30.3 Å². The Morgan fingerprint density at radius 2 is 1.81 bits per heavy atom. The third-order valence-electron chi connectivity index (χ3n) is 2.24. The maximum Gasteiger partial charge on any atom is 0.0992 e. The first-order valence-corrected chi connectivity index (χ1v) is 4.91. The molecule has 0 saturated carbocycles. The number of nitriles is 1. The minimum atomic E-state index is 0.590. The summed E-state index contributed by atoms with van der Waals surface area (Å²) in [5, 5.41) is 12.0. The summed E-state index contributed by atoms with van der Waals surface area (Å²) in [5.41, 5.74) is 8.74. The minimum absolute atomic E-state index is 0.590. The summed E-state index contributed by atoms with van der Waals surface area (Å²) in [5.74, 6) is 0. The normalized spacial score (nSPS) is 9.44. The summed E-state index contributed by atoms with van der Waals surface area (Å²) >= 11 is 0. The van der Waals surface area contributed by atoms with Gasteiger partial charge in [0.1, 0.15) is 0 Å². The number of rotatable bonds is 2. The van der Waals surface area contributed by atoms with Crippen molar-refractivity contribution in [2.24, 2.45) is 0 Å². The molecule has 0 aliphatic heterocycles. The maximum atomic E-state index is 8.80. The minimum Gasteiger partial charge on any atom is -0.397 e. The predicted molar refractivity (Wildman–Crippen MR) is 65.3 cm³/mol.